The van der Waals surface area contributed by atoms with Crippen molar-refractivity contribution in [3.05, 3.63) is 60.4 Å². The summed E-state index contributed by atoms with van der Waals surface area (Å²) in [5, 5.41) is 4.39. The normalized spacial score (nSPS) is 17.6. The van der Waals surface area contributed by atoms with Crippen molar-refractivity contribution in [2.75, 3.05) is 62.3 Å². The highest BCUT2D eigenvalue weighted by Gasteiger charge is 2.26. The van der Waals surface area contributed by atoms with Gasteiger partial charge < -0.3 is 20.9 Å². The topological polar surface area (TPSA) is 91.4 Å². The van der Waals surface area contributed by atoms with Crippen molar-refractivity contribution in [1.82, 2.24) is 29.3 Å². The summed E-state index contributed by atoms with van der Waals surface area (Å²) in [5.41, 5.74) is 10.2. The summed E-state index contributed by atoms with van der Waals surface area (Å²) in [4.78, 5) is 21.7. The lowest BCUT2D eigenvalue weighted by Crippen LogP contribution is -2.52. The van der Waals surface area contributed by atoms with Crippen LogP contribution in [0.15, 0.2) is 54.7 Å². The quantitative estimate of drug-likeness (QED) is 0.369. The lowest BCUT2D eigenvalue weighted by atomic mass is 10.0. The highest BCUT2D eigenvalue weighted by atomic mass is 15.3. The fourth-order valence-electron chi connectivity index (χ4n) is 5.92. The van der Waals surface area contributed by atoms with Crippen molar-refractivity contribution >= 4 is 34.2 Å². The van der Waals surface area contributed by atoms with Gasteiger partial charge in [0.15, 0.2) is 5.65 Å². The van der Waals surface area contributed by atoms with Crippen LogP contribution in [0.2, 0.25) is 0 Å². The Balaban J connectivity index is 1.15. The molecule has 2 fully saturated rings. The average Bonchev–Trinajstić information content (AvgIpc) is 3.31. The first kappa shape index (κ1) is 25.6. The number of hydrogen-bond donors (Lipinski definition) is 2. The molecule has 0 unspecified atom stereocenters. The monoisotopic (exact) mass is 525 g/mol. The first-order valence-electron chi connectivity index (χ1n) is 14.2. The van der Waals surface area contributed by atoms with Gasteiger partial charge in [0.25, 0.3) is 0 Å². The first-order valence-corrected chi connectivity index (χ1v) is 14.2. The van der Waals surface area contributed by atoms with Gasteiger partial charge in [-0.1, -0.05) is 19.4 Å². The summed E-state index contributed by atoms with van der Waals surface area (Å²) in [6.45, 7) is 9.18. The maximum absolute atomic E-state index is 6.00. The maximum atomic E-state index is 6.00. The molecule has 5 heterocycles. The van der Waals surface area contributed by atoms with Gasteiger partial charge in [0.05, 0.1) is 0 Å². The Morgan fingerprint density at radius 3 is 2.44 bits per heavy atom. The number of fused-ring (bicyclic) bond motifs is 1. The Hall–Kier alpha value is -3.69. The van der Waals surface area contributed by atoms with Crippen LogP contribution in [0.25, 0.3) is 16.9 Å². The second kappa shape index (κ2) is 11.2. The number of likely N-dealkylation sites (N-methyl/N-ethyl adjacent to an activating group) is 1. The van der Waals surface area contributed by atoms with Gasteiger partial charge in [-0.25, -0.2) is 9.97 Å². The molecular weight excluding hydrogens is 486 g/mol. The second-order valence-corrected chi connectivity index (χ2v) is 10.8. The van der Waals surface area contributed by atoms with Crippen molar-refractivity contribution < 1.29 is 0 Å². The average molecular weight is 526 g/mol. The third kappa shape index (κ3) is 5.55. The Bertz CT molecular complexity index is 1400. The Kier molecular flexibility index (Phi) is 7.34. The highest BCUT2D eigenvalue weighted by molar-refractivity contribution is 5.80. The van der Waals surface area contributed by atoms with E-state index in [0.29, 0.717) is 11.8 Å². The fourth-order valence-corrected chi connectivity index (χ4v) is 5.92. The predicted octanol–water partition coefficient (Wildman–Crippen LogP) is 4.31. The van der Waals surface area contributed by atoms with Crippen molar-refractivity contribution in [3.8, 4) is 5.82 Å². The van der Waals surface area contributed by atoms with Gasteiger partial charge >= 0.3 is 0 Å². The number of piperazine rings is 1. The van der Waals surface area contributed by atoms with Crippen molar-refractivity contribution in [1.29, 1.82) is 0 Å². The van der Waals surface area contributed by atoms with E-state index >= 15 is 0 Å². The number of anilines is 4. The number of pyridine rings is 1. The summed E-state index contributed by atoms with van der Waals surface area (Å²) in [7, 11) is 2.23. The van der Waals surface area contributed by atoms with Crippen molar-refractivity contribution in [2.45, 2.75) is 38.6 Å². The van der Waals surface area contributed by atoms with Gasteiger partial charge in [-0.05, 0) is 68.8 Å². The van der Waals surface area contributed by atoms with E-state index in [4.69, 9.17) is 10.7 Å². The summed E-state index contributed by atoms with van der Waals surface area (Å²) < 4.78 is 2.09. The highest BCUT2D eigenvalue weighted by Crippen LogP contribution is 2.27. The maximum Gasteiger partial charge on any atom is 0.229 e. The van der Waals surface area contributed by atoms with Crippen LogP contribution >= 0.6 is 0 Å². The van der Waals surface area contributed by atoms with Crippen LogP contribution in [0.1, 0.15) is 31.9 Å². The predicted molar refractivity (Wildman–Crippen MR) is 159 cm³/mol. The lowest BCUT2D eigenvalue weighted by molar-refractivity contribution is 0.0982. The minimum atomic E-state index is 0.493. The molecule has 204 valence electrons. The van der Waals surface area contributed by atoms with Gasteiger partial charge in [0, 0.05) is 74.0 Å². The summed E-state index contributed by atoms with van der Waals surface area (Å²) >= 11 is 0. The number of piperidine rings is 1. The van der Waals surface area contributed by atoms with E-state index in [1.807, 2.05) is 18.3 Å². The molecule has 0 aliphatic carbocycles. The number of aryl methyl sites for hydroxylation is 1. The molecule has 4 aromatic rings. The molecule has 0 atom stereocenters. The van der Waals surface area contributed by atoms with Crippen LogP contribution in [0, 0.1) is 0 Å². The van der Waals surface area contributed by atoms with Gasteiger partial charge in [0.2, 0.25) is 5.95 Å². The largest absolute Gasteiger partial charge is 0.384 e. The molecule has 0 radical (unpaired) electrons. The number of nitrogens with one attached hydrogen (secondary N) is 1. The summed E-state index contributed by atoms with van der Waals surface area (Å²) in [5.74, 6) is 1.83. The molecule has 9 nitrogen and oxygen atoms in total. The van der Waals surface area contributed by atoms with Crippen molar-refractivity contribution in [3.63, 3.8) is 0 Å². The standard InChI is InChI=1S/C30H39N9/c1-3-5-26-20-22-21-32-30(35-29(22)39(26)28-7-4-6-27(31)34-28)33-23-8-10-24(11-9-23)37-14-12-25(13-15-37)38-18-16-36(2)17-19-38/h4,6-11,20-21,25H,3,5,12-19H2,1-2H3,(H2,31,34)(H,32,33,35). The number of benzene rings is 1. The van der Waals surface area contributed by atoms with E-state index in [0.717, 1.165) is 60.2 Å². The van der Waals surface area contributed by atoms with E-state index in [1.54, 1.807) is 6.07 Å². The molecule has 0 amide bonds. The van der Waals surface area contributed by atoms with Crippen LogP contribution in [-0.4, -0.2) is 81.7 Å². The zero-order valence-corrected chi connectivity index (χ0v) is 23.1. The van der Waals surface area contributed by atoms with E-state index in [1.165, 1.54) is 44.7 Å². The zero-order chi connectivity index (χ0) is 26.8. The van der Waals surface area contributed by atoms with Gasteiger partial charge in [0.1, 0.15) is 11.6 Å². The Labute approximate surface area is 230 Å². The fraction of sp³-hybridized carbons (Fsp3) is 0.433. The molecule has 2 aliphatic rings. The van der Waals surface area contributed by atoms with Crippen LogP contribution in [0.4, 0.5) is 23.1 Å². The number of aromatic nitrogens is 4. The second-order valence-electron chi connectivity index (χ2n) is 10.8. The third-order valence-electron chi connectivity index (χ3n) is 8.12. The van der Waals surface area contributed by atoms with Crippen LogP contribution in [0.3, 0.4) is 0 Å². The summed E-state index contributed by atoms with van der Waals surface area (Å²) in [6.07, 6.45) is 6.30. The van der Waals surface area contributed by atoms with E-state index < -0.39 is 0 Å². The molecule has 9 heteroatoms. The molecule has 0 bridgehead atoms. The number of nitrogens with zero attached hydrogens (tertiary/aromatic N) is 7. The zero-order valence-electron chi connectivity index (χ0n) is 23.1. The minimum absolute atomic E-state index is 0.493. The van der Waals surface area contributed by atoms with Crippen molar-refractivity contribution in [2.24, 2.45) is 0 Å². The number of rotatable bonds is 7. The number of nitrogens with two attached hydrogens (primary N) is 1. The summed E-state index contributed by atoms with van der Waals surface area (Å²) in [6, 6.07) is 17.2. The minimum Gasteiger partial charge on any atom is -0.384 e. The molecule has 39 heavy (non-hydrogen) atoms. The molecule has 3 aromatic heterocycles. The van der Waals surface area contributed by atoms with E-state index in [9.17, 15) is 0 Å². The molecule has 2 aliphatic heterocycles. The molecule has 0 spiro atoms. The molecule has 2 saturated heterocycles. The SMILES string of the molecule is CCCc1cc2cnc(Nc3ccc(N4CCC(N5CCN(C)CC5)CC4)cc3)nc2n1-c1cccc(N)n1. The number of hydrogen-bond acceptors (Lipinski definition) is 8. The molecule has 0 saturated carbocycles. The third-order valence-corrected chi connectivity index (χ3v) is 8.12. The molecule has 1 aromatic carbocycles. The first-order chi connectivity index (χ1) is 19.1. The molecule has 6 rings (SSSR count). The van der Waals surface area contributed by atoms with Crippen LogP contribution < -0.4 is 16.0 Å². The van der Waals surface area contributed by atoms with E-state index in [-0.39, 0.29) is 0 Å². The van der Waals surface area contributed by atoms with E-state index in [2.05, 4.69) is 78.9 Å². The van der Waals surface area contributed by atoms with Gasteiger partial charge in [-0.3, -0.25) is 9.47 Å². The Morgan fingerprint density at radius 2 is 1.72 bits per heavy atom. The van der Waals surface area contributed by atoms with Gasteiger partial charge in [-0.2, -0.15) is 4.98 Å². The molecular formula is C30H39N9. The smallest absolute Gasteiger partial charge is 0.229 e. The number of nitrogen functional groups attached to an aromatic ring is 1. The Morgan fingerprint density at radius 1 is 0.949 bits per heavy atom. The van der Waals surface area contributed by atoms with Crippen LogP contribution in [0.5, 0.6) is 0 Å². The van der Waals surface area contributed by atoms with Gasteiger partial charge in [-0.15, -0.1) is 0 Å². The van der Waals surface area contributed by atoms with Crippen LogP contribution in [-0.2, 0) is 6.42 Å². The molecule has 3 N–H and O–H groups in total. The lowest BCUT2D eigenvalue weighted by Gasteiger charge is -2.42.